The molecule has 134 valence electrons. The van der Waals surface area contributed by atoms with Gasteiger partial charge >= 0.3 is 0 Å². The Morgan fingerprint density at radius 2 is 0.696 bits per heavy atom. The number of hydrogen-bond donors (Lipinski definition) is 0. The summed E-state index contributed by atoms with van der Waals surface area (Å²) in [5.74, 6) is 0. The van der Waals surface area contributed by atoms with Crippen LogP contribution in [-0.4, -0.2) is 93.3 Å². The van der Waals surface area contributed by atoms with E-state index in [0.29, 0.717) is 0 Å². The largest absolute Gasteiger partial charge is 0.363 e. The van der Waals surface area contributed by atoms with Gasteiger partial charge in [0.1, 0.15) is 17.3 Å². The van der Waals surface area contributed by atoms with Crippen molar-refractivity contribution in [3.05, 3.63) is 0 Å². The number of nitrogens with zero attached hydrogens (tertiary/aromatic N) is 4. The van der Waals surface area contributed by atoms with E-state index in [-0.39, 0.29) is 0 Å². The Morgan fingerprint density at radius 3 is 0.870 bits per heavy atom. The van der Waals surface area contributed by atoms with Crippen molar-refractivity contribution in [2.45, 2.75) is 0 Å². The van der Waals surface area contributed by atoms with E-state index in [4.69, 9.17) is 48.9 Å². The predicted octanol–water partition coefficient (Wildman–Crippen LogP) is 3.47. The van der Waals surface area contributed by atoms with Gasteiger partial charge in [-0.1, -0.05) is 48.9 Å². The molecule has 11 heteroatoms. The molecule has 0 bridgehead atoms. The fraction of sp³-hybridized carbons (Fsp3) is 0.667. The molecular formula is C12H24N4S7. The van der Waals surface area contributed by atoms with E-state index in [1.165, 1.54) is 33.3 Å². The van der Waals surface area contributed by atoms with Crippen LogP contribution in [0.2, 0.25) is 0 Å². The Morgan fingerprint density at radius 1 is 0.478 bits per heavy atom. The summed E-state index contributed by atoms with van der Waals surface area (Å²) in [4.78, 5) is 7.53. The zero-order valence-electron chi connectivity index (χ0n) is 14.6. The van der Waals surface area contributed by atoms with Gasteiger partial charge in [0, 0.05) is 56.4 Å². The van der Waals surface area contributed by atoms with E-state index < -0.39 is 0 Å². The van der Waals surface area contributed by atoms with E-state index in [1.54, 1.807) is 0 Å². The maximum absolute atomic E-state index is 5.07. The summed E-state index contributed by atoms with van der Waals surface area (Å²) in [7, 11) is 18.4. The molecule has 0 heterocycles. The molecule has 0 aromatic heterocycles. The molecule has 23 heavy (non-hydrogen) atoms. The van der Waals surface area contributed by atoms with Crippen LogP contribution in [0.4, 0.5) is 0 Å². The topological polar surface area (TPSA) is 13.0 Å². The highest BCUT2D eigenvalue weighted by Gasteiger charge is 2.06. The van der Waals surface area contributed by atoms with Crippen LogP contribution in [-0.2, 0) is 0 Å². The normalized spacial score (nSPS) is 9.22. The van der Waals surface area contributed by atoms with Crippen molar-refractivity contribution in [1.29, 1.82) is 0 Å². The Kier molecular flexibility index (Phi) is 15.6. The van der Waals surface area contributed by atoms with Crippen molar-refractivity contribution in [3.63, 3.8) is 0 Å². The summed E-state index contributed by atoms with van der Waals surface area (Å²) >= 11 is 21.7. The molecule has 4 nitrogen and oxygen atoms in total. The summed E-state index contributed by atoms with van der Waals surface area (Å²) in [5.41, 5.74) is 0. The van der Waals surface area contributed by atoms with E-state index in [9.17, 15) is 0 Å². The molecule has 0 rings (SSSR count). The fourth-order valence-corrected chi connectivity index (χ4v) is 4.00. The molecule has 0 unspecified atom stereocenters. The van der Waals surface area contributed by atoms with Crippen molar-refractivity contribution < 1.29 is 0 Å². The first kappa shape index (κ1) is 25.8. The molecule has 0 saturated heterocycles. The first-order valence-electron chi connectivity index (χ1n) is 6.27. The standard InChI is InChI=1S/C6H12N2S4.C6H12N2S3/c1-7(2)5(9)11-12-6(10)8(3)4;1-7(2)5(9)11-6(10)8(3)4/h1-4H3;1-4H3. The predicted molar refractivity (Wildman–Crippen MR) is 128 cm³/mol. The molecule has 0 atom stereocenters. The van der Waals surface area contributed by atoms with Crippen molar-refractivity contribution in [1.82, 2.24) is 19.6 Å². The smallest absolute Gasteiger partial charge is 0.146 e. The van der Waals surface area contributed by atoms with Gasteiger partial charge in [0.25, 0.3) is 0 Å². The Labute approximate surface area is 174 Å². The fourth-order valence-electron chi connectivity index (χ4n) is 0.478. The van der Waals surface area contributed by atoms with Gasteiger partial charge < -0.3 is 19.6 Å². The molecule has 0 aromatic carbocycles. The van der Waals surface area contributed by atoms with Crippen LogP contribution in [0.25, 0.3) is 0 Å². The molecule has 0 aromatic rings. The Bertz CT molecular complexity index is 384. The quantitative estimate of drug-likeness (QED) is 0.399. The van der Waals surface area contributed by atoms with Crippen LogP contribution in [0.5, 0.6) is 0 Å². The van der Waals surface area contributed by atoms with Crippen molar-refractivity contribution >= 4 is 99.5 Å². The highest BCUT2D eigenvalue weighted by atomic mass is 33.1. The average Bonchev–Trinajstić information content (AvgIpc) is 2.44. The molecule has 0 fully saturated rings. The third-order valence-electron chi connectivity index (χ3n) is 1.82. The Balaban J connectivity index is 0. The van der Waals surface area contributed by atoms with Gasteiger partial charge in [0.15, 0.2) is 0 Å². The van der Waals surface area contributed by atoms with Gasteiger partial charge in [0.05, 0.1) is 0 Å². The lowest BCUT2D eigenvalue weighted by Crippen LogP contribution is -2.23. The second-order valence-electron chi connectivity index (χ2n) is 4.91. The van der Waals surface area contributed by atoms with Crippen LogP contribution < -0.4 is 0 Å². The zero-order valence-corrected chi connectivity index (χ0v) is 20.4. The van der Waals surface area contributed by atoms with Crippen LogP contribution >= 0.6 is 82.2 Å². The molecule has 0 amide bonds. The average molecular weight is 449 g/mol. The second-order valence-corrected chi connectivity index (χ2v) is 10.6. The highest BCUT2D eigenvalue weighted by molar-refractivity contribution is 8.89. The third-order valence-corrected chi connectivity index (χ3v) is 8.29. The number of thioether (sulfide) groups is 1. The van der Waals surface area contributed by atoms with Crippen molar-refractivity contribution in [2.75, 3.05) is 56.4 Å². The van der Waals surface area contributed by atoms with Gasteiger partial charge in [-0.05, 0) is 33.3 Å². The van der Waals surface area contributed by atoms with Gasteiger partial charge in [-0.15, -0.1) is 0 Å². The minimum Gasteiger partial charge on any atom is -0.363 e. The first-order chi connectivity index (χ1) is 10.4. The summed E-state index contributed by atoms with van der Waals surface area (Å²) in [6.07, 6.45) is 0. The van der Waals surface area contributed by atoms with Crippen LogP contribution in [0, 0.1) is 0 Å². The van der Waals surface area contributed by atoms with Gasteiger partial charge in [-0.25, -0.2) is 0 Å². The molecule has 0 aliphatic heterocycles. The lowest BCUT2D eigenvalue weighted by Gasteiger charge is -2.16. The van der Waals surface area contributed by atoms with Crippen LogP contribution in [0.15, 0.2) is 0 Å². The summed E-state index contributed by atoms with van der Waals surface area (Å²) < 4.78 is 3.26. The van der Waals surface area contributed by atoms with Gasteiger partial charge in [0.2, 0.25) is 0 Å². The van der Waals surface area contributed by atoms with E-state index >= 15 is 0 Å². The number of rotatable bonds is 0. The van der Waals surface area contributed by atoms with Gasteiger partial charge in [-0.2, -0.15) is 0 Å². The molecule has 0 N–H and O–H groups in total. The molecule has 0 aliphatic carbocycles. The maximum Gasteiger partial charge on any atom is 0.146 e. The lowest BCUT2D eigenvalue weighted by molar-refractivity contribution is 0.643. The minimum atomic E-state index is 0.795. The molecule has 0 saturated carbocycles. The molecular weight excluding hydrogens is 425 g/mol. The Hall–Kier alpha value is 0.610. The number of hydrogen-bond acceptors (Lipinski definition) is 7. The van der Waals surface area contributed by atoms with E-state index in [0.717, 1.165) is 17.3 Å². The SMILES string of the molecule is CN(C)C(=S)SC(=S)N(C)C.CN(C)C(=S)SSC(=S)N(C)C. The summed E-state index contributed by atoms with van der Waals surface area (Å²) in [6.45, 7) is 0. The van der Waals surface area contributed by atoms with E-state index in [2.05, 4.69) is 0 Å². The summed E-state index contributed by atoms with van der Waals surface area (Å²) in [6, 6.07) is 0. The second kappa shape index (κ2) is 13.9. The maximum atomic E-state index is 5.07. The van der Waals surface area contributed by atoms with Crippen LogP contribution in [0.1, 0.15) is 0 Å². The highest BCUT2D eigenvalue weighted by Crippen LogP contribution is 2.26. The monoisotopic (exact) mass is 448 g/mol. The van der Waals surface area contributed by atoms with Crippen molar-refractivity contribution in [3.8, 4) is 0 Å². The third kappa shape index (κ3) is 14.6. The first-order valence-corrected chi connectivity index (χ1v) is 10.9. The van der Waals surface area contributed by atoms with Crippen molar-refractivity contribution in [2.24, 2.45) is 0 Å². The lowest BCUT2D eigenvalue weighted by atomic mass is 11.0. The molecule has 0 aliphatic rings. The molecule has 0 radical (unpaired) electrons. The van der Waals surface area contributed by atoms with Gasteiger partial charge in [-0.3, -0.25) is 0 Å². The molecule has 0 spiro atoms. The zero-order chi connectivity index (χ0) is 18.7. The minimum absolute atomic E-state index is 0.795. The number of thiocarbonyl (C=S) groups is 4. The van der Waals surface area contributed by atoms with E-state index in [1.807, 2.05) is 76.0 Å². The van der Waals surface area contributed by atoms with Crippen LogP contribution in [0.3, 0.4) is 0 Å². The summed E-state index contributed by atoms with van der Waals surface area (Å²) in [5, 5.41) is 0.